The maximum Gasteiger partial charge on any atom is 0.171 e. The van der Waals surface area contributed by atoms with Gasteiger partial charge >= 0.3 is 0 Å². The summed E-state index contributed by atoms with van der Waals surface area (Å²) in [4.78, 5) is 0. The van der Waals surface area contributed by atoms with E-state index in [1.807, 2.05) is 36.4 Å². The lowest BCUT2D eigenvalue weighted by Gasteiger charge is -2.17. The zero-order valence-corrected chi connectivity index (χ0v) is 13.5. The van der Waals surface area contributed by atoms with Gasteiger partial charge in [-0.3, -0.25) is 0 Å². The first-order chi connectivity index (χ1) is 9.54. The number of halogens is 1. The standard InChI is InChI=1S/C15H16BrN3S/c1-10(11-2-4-12(16)5-3-11)18-15(20)19-14-8-6-13(17)7-9-14/h2-10H,17H2,1H3,(H2,18,19,20). The summed E-state index contributed by atoms with van der Waals surface area (Å²) in [5.41, 5.74) is 8.47. The smallest absolute Gasteiger partial charge is 0.171 e. The second kappa shape index (κ2) is 6.72. The molecule has 3 nitrogen and oxygen atoms in total. The Hall–Kier alpha value is -1.59. The predicted octanol–water partition coefficient (Wildman–Crippen LogP) is 4.08. The number of benzene rings is 2. The van der Waals surface area contributed by atoms with Gasteiger partial charge in [0, 0.05) is 15.8 Å². The summed E-state index contributed by atoms with van der Waals surface area (Å²) in [5.74, 6) is 0. The fourth-order valence-corrected chi connectivity index (χ4v) is 2.32. The fraction of sp³-hybridized carbons (Fsp3) is 0.133. The molecular weight excluding hydrogens is 334 g/mol. The van der Waals surface area contributed by atoms with Crippen LogP contribution in [0.4, 0.5) is 11.4 Å². The Kier molecular flexibility index (Phi) is 4.98. The third-order valence-corrected chi connectivity index (χ3v) is 3.63. The van der Waals surface area contributed by atoms with E-state index in [2.05, 4.69) is 45.6 Å². The topological polar surface area (TPSA) is 50.1 Å². The molecule has 0 bridgehead atoms. The van der Waals surface area contributed by atoms with Gasteiger partial charge < -0.3 is 16.4 Å². The minimum atomic E-state index is 0.136. The molecule has 104 valence electrons. The van der Waals surface area contributed by atoms with E-state index in [-0.39, 0.29) is 6.04 Å². The Morgan fingerprint density at radius 1 is 1.10 bits per heavy atom. The highest BCUT2D eigenvalue weighted by Gasteiger charge is 2.06. The van der Waals surface area contributed by atoms with E-state index in [0.29, 0.717) is 5.11 Å². The molecule has 0 heterocycles. The van der Waals surface area contributed by atoms with Crippen molar-refractivity contribution in [1.29, 1.82) is 0 Å². The Balaban J connectivity index is 1.93. The molecule has 5 heteroatoms. The van der Waals surface area contributed by atoms with Gasteiger partial charge in [-0.25, -0.2) is 0 Å². The lowest BCUT2D eigenvalue weighted by atomic mass is 10.1. The first-order valence-corrected chi connectivity index (χ1v) is 7.43. The van der Waals surface area contributed by atoms with Gasteiger partial charge in [-0.1, -0.05) is 28.1 Å². The van der Waals surface area contributed by atoms with Gasteiger partial charge in [0.05, 0.1) is 6.04 Å². The van der Waals surface area contributed by atoms with Crippen LogP contribution in [0.2, 0.25) is 0 Å². The highest BCUT2D eigenvalue weighted by molar-refractivity contribution is 9.10. The SMILES string of the molecule is CC(NC(=S)Nc1ccc(N)cc1)c1ccc(Br)cc1. The molecule has 0 radical (unpaired) electrons. The van der Waals surface area contributed by atoms with E-state index in [0.717, 1.165) is 15.8 Å². The first kappa shape index (κ1) is 14.8. The Labute approximate surface area is 132 Å². The van der Waals surface area contributed by atoms with Gasteiger partial charge in [0.25, 0.3) is 0 Å². The monoisotopic (exact) mass is 349 g/mol. The van der Waals surface area contributed by atoms with Crippen LogP contribution in [0.5, 0.6) is 0 Å². The average Bonchev–Trinajstić information content (AvgIpc) is 2.42. The van der Waals surface area contributed by atoms with Crippen LogP contribution in [0, 0.1) is 0 Å². The predicted molar refractivity (Wildman–Crippen MR) is 92.8 cm³/mol. The van der Waals surface area contributed by atoms with Gasteiger partial charge in [0.1, 0.15) is 0 Å². The zero-order valence-electron chi connectivity index (χ0n) is 11.1. The summed E-state index contributed by atoms with van der Waals surface area (Å²) in [6.45, 7) is 2.07. The molecule has 0 aliphatic carbocycles. The summed E-state index contributed by atoms with van der Waals surface area (Å²) in [6.07, 6.45) is 0. The molecule has 0 fully saturated rings. The van der Waals surface area contributed by atoms with Crippen LogP contribution in [0.15, 0.2) is 53.0 Å². The minimum Gasteiger partial charge on any atom is -0.399 e. The second-order valence-electron chi connectivity index (χ2n) is 4.49. The van der Waals surface area contributed by atoms with E-state index >= 15 is 0 Å². The molecular formula is C15H16BrN3S. The molecule has 2 aromatic rings. The number of anilines is 2. The molecule has 0 saturated heterocycles. The summed E-state index contributed by atoms with van der Waals surface area (Å²) >= 11 is 8.73. The number of nitrogens with two attached hydrogens (primary N) is 1. The van der Waals surface area contributed by atoms with E-state index < -0.39 is 0 Å². The van der Waals surface area contributed by atoms with Gasteiger partial charge in [0.2, 0.25) is 0 Å². The van der Waals surface area contributed by atoms with E-state index in [1.54, 1.807) is 0 Å². The fourth-order valence-electron chi connectivity index (χ4n) is 1.77. The summed E-state index contributed by atoms with van der Waals surface area (Å²) < 4.78 is 1.07. The van der Waals surface area contributed by atoms with Crippen LogP contribution < -0.4 is 16.4 Å². The van der Waals surface area contributed by atoms with Crippen LogP contribution in [-0.2, 0) is 0 Å². The van der Waals surface area contributed by atoms with Crippen molar-refractivity contribution in [2.45, 2.75) is 13.0 Å². The quantitative estimate of drug-likeness (QED) is 0.577. The molecule has 20 heavy (non-hydrogen) atoms. The average molecular weight is 350 g/mol. The number of nitrogens with one attached hydrogen (secondary N) is 2. The third-order valence-electron chi connectivity index (χ3n) is 2.89. The maximum atomic E-state index is 5.65. The number of nitrogen functional groups attached to an aromatic ring is 1. The highest BCUT2D eigenvalue weighted by atomic mass is 79.9. The van der Waals surface area contributed by atoms with Crippen LogP contribution in [-0.4, -0.2) is 5.11 Å². The Morgan fingerprint density at radius 2 is 1.70 bits per heavy atom. The van der Waals surface area contributed by atoms with E-state index in [1.165, 1.54) is 5.56 Å². The number of hydrogen-bond acceptors (Lipinski definition) is 2. The van der Waals surface area contributed by atoms with Crippen LogP contribution >= 0.6 is 28.1 Å². The summed E-state index contributed by atoms with van der Waals surface area (Å²) in [5, 5.41) is 6.98. The molecule has 0 saturated carbocycles. The molecule has 4 N–H and O–H groups in total. The van der Waals surface area contributed by atoms with Gasteiger partial charge in [-0.15, -0.1) is 0 Å². The molecule has 0 aliphatic rings. The van der Waals surface area contributed by atoms with Crippen molar-refractivity contribution in [1.82, 2.24) is 5.32 Å². The lowest BCUT2D eigenvalue weighted by molar-refractivity contribution is 0.722. The van der Waals surface area contributed by atoms with Crippen molar-refractivity contribution in [3.63, 3.8) is 0 Å². The normalized spacial score (nSPS) is 11.7. The van der Waals surface area contributed by atoms with Crippen molar-refractivity contribution in [2.24, 2.45) is 0 Å². The number of hydrogen-bond donors (Lipinski definition) is 3. The van der Waals surface area contributed by atoms with Crippen molar-refractivity contribution in [3.05, 3.63) is 58.6 Å². The molecule has 1 atom stereocenters. The summed E-state index contributed by atoms with van der Waals surface area (Å²) in [6, 6.07) is 15.8. The van der Waals surface area contributed by atoms with Crippen molar-refractivity contribution < 1.29 is 0 Å². The van der Waals surface area contributed by atoms with E-state index in [4.69, 9.17) is 18.0 Å². The number of thiocarbonyl (C=S) groups is 1. The molecule has 2 rings (SSSR count). The Bertz CT molecular complexity index is 581. The van der Waals surface area contributed by atoms with E-state index in [9.17, 15) is 0 Å². The third kappa shape index (κ3) is 4.21. The molecule has 0 amide bonds. The molecule has 1 unspecified atom stereocenters. The van der Waals surface area contributed by atoms with Crippen LogP contribution in [0.3, 0.4) is 0 Å². The van der Waals surface area contributed by atoms with Crippen LogP contribution in [0.25, 0.3) is 0 Å². The zero-order chi connectivity index (χ0) is 14.5. The van der Waals surface area contributed by atoms with Gasteiger partial charge in [0.15, 0.2) is 5.11 Å². The molecule has 2 aromatic carbocycles. The van der Waals surface area contributed by atoms with Crippen LogP contribution in [0.1, 0.15) is 18.5 Å². The molecule has 0 spiro atoms. The van der Waals surface area contributed by atoms with Gasteiger partial charge in [-0.2, -0.15) is 0 Å². The minimum absolute atomic E-state index is 0.136. The Morgan fingerprint density at radius 3 is 2.30 bits per heavy atom. The maximum absolute atomic E-state index is 5.65. The van der Waals surface area contributed by atoms with Crippen molar-refractivity contribution in [3.8, 4) is 0 Å². The largest absolute Gasteiger partial charge is 0.399 e. The molecule has 0 aliphatic heterocycles. The van der Waals surface area contributed by atoms with Gasteiger partial charge in [-0.05, 0) is 61.1 Å². The lowest BCUT2D eigenvalue weighted by Crippen LogP contribution is -2.30. The first-order valence-electron chi connectivity index (χ1n) is 6.23. The van der Waals surface area contributed by atoms with Crippen molar-refractivity contribution >= 4 is 44.6 Å². The van der Waals surface area contributed by atoms with Crippen molar-refractivity contribution in [2.75, 3.05) is 11.1 Å². The summed E-state index contributed by atoms with van der Waals surface area (Å²) in [7, 11) is 0. The number of rotatable bonds is 3. The molecule has 0 aromatic heterocycles. The second-order valence-corrected chi connectivity index (χ2v) is 5.82. The highest BCUT2D eigenvalue weighted by Crippen LogP contribution is 2.17.